The predicted octanol–water partition coefficient (Wildman–Crippen LogP) is 2.90. The summed E-state index contributed by atoms with van der Waals surface area (Å²) in [6.07, 6.45) is 0. The fourth-order valence-corrected chi connectivity index (χ4v) is 4.08. The first-order chi connectivity index (χ1) is 9.65. The normalized spacial score (nSPS) is 19.9. The molecule has 1 saturated heterocycles. The van der Waals surface area contributed by atoms with Gasteiger partial charge in [0, 0.05) is 10.5 Å². The molecule has 1 aromatic carbocycles. The van der Waals surface area contributed by atoms with Gasteiger partial charge in [-0.25, -0.2) is 0 Å². The quantitative estimate of drug-likeness (QED) is 0.916. The highest BCUT2D eigenvalue weighted by atomic mass is 32.2. The highest BCUT2D eigenvalue weighted by molar-refractivity contribution is 8.14. The Balaban J connectivity index is 1.74. The standard InChI is InChI=1S/C14H14N2O2S2/c1-8(15-13(17)11-7-20-14(18)16-11)10-6-19-12-5-3-2-4-9(10)12/h2-6,8,11H,7H2,1H3,(H,15,17)(H,16,18)/t8-,11-/m0/s1. The lowest BCUT2D eigenvalue weighted by atomic mass is 10.1. The average molecular weight is 306 g/mol. The number of fused-ring (bicyclic) bond motifs is 1. The van der Waals surface area contributed by atoms with Crippen LogP contribution < -0.4 is 10.6 Å². The molecule has 2 heterocycles. The van der Waals surface area contributed by atoms with E-state index in [0.29, 0.717) is 5.75 Å². The summed E-state index contributed by atoms with van der Waals surface area (Å²) in [6.45, 7) is 1.97. The molecule has 0 unspecified atom stereocenters. The summed E-state index contributed by atoms with van der Waals surface area (Å²) in [7, 11) is 0. The SMILES string of the molecule is C[C@H](NC(=O)[C@@H]1CSC(=O)N1)c1csc2ccccc12. The molecule has 0 saturated carbocycles. The van der Waals surface area contributed by atoms with Crippen LogP contribution in [-0.2, 0) is 4.79 Å². The lowest BCUT2D eigenvalue weighted by Crippen LogP contribution is -2.43. The van der Waals surface area contributed by atoms with Crippen molar-refractivity contribution in [2.24, 2.45) is 0 Å². The second-order valence-electron chi connectivity index (χ2n) is 4.71. The highest BCUT2D eigenvalue weighted by Gasteiger charge is 2.29. The van der Waals surface area contributed by atoms with Crippen LogP contribution in [0.1, 0.15) is 18.5 Å². The third kappa shape index (κ3) is 2.53. The number of hydrogen-bond acceptors (Lipinski definition) is 4. The zero-order chi connectivity index (χ0) is 14.1. The van der Waals surface area contributed by atoms with Crippen LogP contribution in [0.3, 0.4) is 0 Å². The maximum absolute atomic E-state index is 12.1. The number of carbonyl (C=O) groups excluding carboxylic acids is 2. The Kier molecular flexibility index (Phi) is 3.67. The Morgan fingerprint density at radius 2 is 2.25 bits per heavy atom. The Hall–Kier alpha value is -1.53. The molecule has 2 aromatic rings. The molecular formula is C14H14N2O2S2. The van der Waals surface area contributed by atoms with Gasteiger partial charge in [-0.3, -0.25) is 9.59 Å². The first-order valence-electron chi connectivity index (χ1n) is 6.35. The molecule has 3 rings (SSSR count). The lowest BCUT2D eigenvalue weighted by Gasteiger charge is -2.16. The average Bonchev–Trinajstić information content (AvgIpc) is 3.04. The molecule has 4 nitrogen and oxygen atoms in total. The van der Waals surface area contributed by atoms with Gasteiger partial charge in [0.2, 0.25) is 5.91 Å². The van der Waals surface area contributed by atoms with Gasteiger partial charge in [0.1, 0.15) is 6.04 Å². The van der Waals surface area contributed by atoms with Crippen LogP contribution in [0.5, 0.6) is 0 Å². The van der Waals surface area contributed by atoms with E-state index in [1.54, 1.807) is 11.3 Å². The van der Waals surface area contributed by atoms with Gasteiger partial charge >= 0.3 is 0 Å². The van der Waals surface area contributed by atoms with Crippen molar-refractivity contribution in [2.45, 2.75) is 19.0 Å². The van der Waals surface area contributed by atoms with Crippen LogP contribution in [-0.4, -0.2) is 22.9 Å². The molecule has 2 atom stereocenters. The van der Waals surface area contributed by atoms with Gasteiger partial charge in [-0.1, -0.05) is 30.0 Å². The van der Waals surface area contributed by atoms with Crippen molar-refractivity contribution in [2.75, 3.05) is 5.75 Å². The molecule has 2 N–H and O–H groups in total. The van der Waals surface area contributed by atoms with E-state index in [0.717, 1.165) is 17.3 Å². The van der Waals surface area contributed by atoms with Gasteiger partial charge in [0.15, 0.2) is 0 Å². The summed E-state index contributed by atoms with van der Waals surface area (Å²) < 4.78 is 1.22. The van der Waals surface area contributed by atoms with Crippen molar-refractivity contribution < 1.29 is 9.59 Å². The molecule has 0 radical (unpaired) electrons. The zero-order valence-electron chi connectivity index (χ0n) is 10.9. The molecule has 0 spiro atoms. The molecule has 6 heteroatoms. The molecule has 1 aromatic heterocycles. The van der Waals surface area contributed by atoms with E-state index in [1.165, 1.54) is 10.1 Å². The Labute approximate surface area is 124 Å². The van der Waals surface area contributed by atoms with E-state index in [4.69, 9.17) is 0 Å². The maximum atomic E-state index is 12.1. The van der Waals surface area contributed by atoms with Crippen molar-refractivity contribution in [1.82, 2.24) is 10.6 Å². The molecule has 2 amide bonds. The number of carbonyl (C=O) groups is 2. The Morgan fingerprint density at radius 3 is 3.00 bits per heavy atom. The molecule has 20 heavy (non-hydrogen) atoms. The first-order valence-corrected chi connectivity index (χ1v) is 8.21. The molecule has 1 fully saturated rings. The largest absolute Gasteiger partial charge is 0.348 e. The number of rotatable bonds is 3. The van der Waals surface area contributed by atoms with Crippen molar-refractivity contribution in [3.8, 4) is 0 Å². The summed E-state index contributed by atoms with van der Waals surface area (Å²) in [5.74, 6) is 0.382. The van der Waals surface area contributed by atoms with E-state index in [-0.39, 0.29) is 17.2 Å². The minimum absolute atomic E-state index is 0.0684. The maximum Gasteiger partial charge on any atom is 0.279 e. The number of nitrogens with one attached hydrogen (secondary N) is 2. The highest BCUT2D eigenvalue weighted by Crippen LogP contribution is 2.30. The van der Waals surface area contributed by atoms with Crippen molar-refractivity contribution in [1.29, 1.82) is 0 Å². The topological polar surface area (TPSA) is 58.2 Å². The van der Waals surface area contributed by atoms with E-state index in [2.05, 4.69) is 28.1 Å². The number of thioether (sulfide) groups is 1. The zero-order valence-corrected chi connectivity index (χ0v) is 12.5. The van der Waals surface area contributed by atoms with Crippen LogP contribution in [0.4, 0.5) is 4.79 Å². The fourth-order valence-electron chi connectivity index (χ4n) is 2.25. The second kappa shape index (κ2) is 5.46. The van der Waals surface area contributed by atoms with Crippen LogP contribution in [0.15, 0.2) is 29.6 Å². The molecule has 1 aliphatic rings. The molecule has 0 bridgehead atoms. The minimum atomic E-state index is -0.417. The van der Waals surface area contributed by atoms with Gasteiger partial charge in [-0.15, -0.1) is 11.3 Å². The van der Waals surface area contributed by atoms with Gasteiger partial charge in [-0.2, -0.15) is 0 Å². The third-order valence-electron chi connectivity index (χ3n) is 3.33. The Morgan fingerprint density at radius 1 is 1.45 bits per heavy atom. The summed E-state index contributed by atoms with van der Waals surface area (Å²) in [5.41, 5.74) is 1.12. The monoisotopic (exact) mass is 306 g/mol. The smallest absolute Gasteiger partial charge is 0.279 e. The third-order valence-corrected chi connectivity index (χ3v) is 5.19. The van der Waals surface area contributed by atoms with Crippen molar-refractivity contribution in [3.05, 3.63) is 35.2 Å². The van der Waals surface area contributed by atoms with Gasteiger partial charge in [0.05, 0.1) is 6.04 Å². The predicted molar refractivity (Wildman–Crippen MR) is 83.2 cm³/mol. The molecule has 104 valence electrons. The number of thiophene rings is 1. The second-order valence-corrected chi connectivity index (χ2v) is 6.62. The van der Waals surface area contributed by atoms with Crippen LogP contribution in [0.2, 0.25) is 0 Å². The van der Waals surface area contributed by atoms with E-state index in [9.17, 15) is 9.59 Å². The molecule has 0 aliphatic carbocycles. The van der Waals surface area contributed by atoms with Crippen molar-refractivity contribution >= 4 is 44.3 Å². The van der Waals surface area contributed by atoms with Crippen molar-refractivity contribution in [3.63, 3.8) is 0 Å². The van der Waals surface area contributed by atoms with Crippen LogP contribution in [0.25, 0.3) is 10.1 Å². The van der Waals surface area contributed by atoms with E-state index in [1.807, 2.05) is 19.1 Å². The van der Waals surface area contributed by atoms with Crippen LogP contribution >= 0.6 is 23.1 Å². The van der Waals surface area contributed by atoms with Gasteiger partial charge in [0.25, 0.3) is 5.24 Å². The van der Waals surface area contributed by atoms with E-state index >= 15 is 0 Å². The van der Waals surface area contributed by atoms with E-state index < -0.39 is 6.04 Å². The lowest BCUT2D eigenvalue weighted by molar-refractivity contribution is -0.122. The summed E-state index contributed by atoms with van der Waals surface area (Å²) >= 11 is 2.83. The first kappa shape index (κ1) is 13.5. The molecular weight excluding hydrogens is 292 g/mol. The minimum Gasteiger partial charge on any atom is -0.348 e. The van der Waals surface area contributed by atoms with Gasteiger partial charge in [-0.05, 0) is 29.3 Å². The molecule has 1 aliphatic heterocycles. The fraction of sp³-hybridized carbons (Fsp3) is 0.286. The Bertz CT molecular complexity index is 668. The number of amides is 2. The number of hydrogen-bond donors (Lipinski definition) is 2. The van der Waals surface area contributed by atoms with Gasteiger partial charge < -0.3 is 10.6 Å². The number of benzene rings is 1. The van der Waals surface area contributed by atoms with Crippen LogP contribution in [0, 0.1) is 0 Å². The summed E-state index contributed by atoms with van der Waals surface area (Å²) in [6, 6.07) is 7.67. The summed E-state index contributed by atoms with van der Waals surface area (Å²) in [5, 5.41) is 8.76. The summed E-state index contributed by atoms with van der Waals surface area (Å²) in [4.78, 5) is 23.2.